The Balaban J connectivity index is 2.58. The summed E-state index contributed by atoms with van der Waals surface area (Å²) in [6.07, 6.45) is 0. The van der Waals surface area contributed by atoms with Crippen LogP contribution in [0.5, 0.6) is 0 Å². The topological polar surface area (TPSA) is 63.8 Å². The molecule has 0 aliphatic heterocycles. The van der Waals surface area contributed by atoms with E-state index in [1.54, 1.807) is 18.4 Å². The fourth-order valence-corrected chi connectivity index (χ4v) is 2.58. The lowest BCUT2D eigenvalue weighted by Crippen LogP contribution is -2.12. The van der Waals surface area contributed by atoms with Crippen molar-refractivity contribution in [1.82, 2.24) is 9.78 Å². The third-order valence-corrected chi connectivity index (χ3v) is 3.46. The SMILES string of the molecule is Cc1[nH]n(C)c(=O)c1-c1ccc(CN)s1. The molecule has 3 N–H and O–H groups in total. The molecule has 0 radical (unpaired) electrons. The van der Waals surface area contributed by atoms with Gasteiger partial charge in [-0.05, 0) is 19.1 Å². The number of nitrogens with zero attached hydrogens (tertiary/aromatic N) is 1. The molecule has 80 valence electrons. The smallest absolute Gasteiger partial charge is 0.275 e. The van der Waals surface area contributed by atoms with Crippen LogP contribution in [-0.4, -0.2) is 9.78 Å². The Labute approximate surface area is 91.3 Å². The standard InChI is InChI=1S/C10H13N3OS/c1-6-9(10(14)13(2)12-6)8-4-3-7(5-11)15-8/h3-4,12H,5,11H2,1-2H3. The van der Waals surface area contributed by atoms with E-state index in [9.17, 15) is 4.79 Å². The van der Waals surface area contributed by atoms with Crippen LogP contribution in [0.25, 0.3) is 10.4 Å². The number of aromatic amines is 1. The zero-order chi connectivity index (χ0) is 11.0. The Morgan fingerprint density at radius 2 is 2.27 bits per heavy atom. The molecule has 2 aromatic heterocycles. The first-order chi connectivity index (χ1) is 7.13. The van der Waals surface area contributed by atoms with Gasteiger partial charge in [0.1, 0.15) is 0 Å². The van der Waals surface area contributed by atoms with Crippen molar-refractivity contribution in [2.75, 3.05) is 0 Å². The highest BCUT2D eigenvalue weighted by Crippen LogP contribution is 2.27. The zero-order valence-corrected chi connectivity index (χ0v) is 9.52. The minimum Gasteiger partial charge on any atom is -0.326 e. The summed E-state index contributed by atoms with van der Waals surface area (Å²) in [5.74, 6) is 0. The van der Waals surface area contributed by atoms with Crippen molar-refractivity contribution in [3.05, 3.63) is 33.1 Å². The van der Waals surface area contributed by atoms with Crippen molar-refractivity contribution in [3.8, 4) is 10.4 Å². The third kappa shape index (κ3) is 1.64. The van der Waals surface area contributed by atoms with Crippen LogP contribution in [0.4, 0.5) is 0 Å². The molecule has 15 heavy (non-hydrogen) atoms. The van der Waals surface area contributed by atoms with Gasteiger partial charge in [0.05, 0.1) is 5.56 Å². The van der Waals surface area contributed by atoms with Crippen LogP contribution in [0.2, 0.25) is 0 Å². The van der Waals surface area contributed by atoms with E-state index in [0.29, 0.717) is 6.54 Å². The van der Waals surface area contributed by atoms with Crippen molar-refractivity contribution in [2.24, 2.45) is 12.8 Å². The average Bonchev–Trinajstić information content (AvgIpc) is 2.74. The zero-order valence-electron chi connectivity index (χ0n) is 8.70. The largest absolute Gasteiger partial charge is 0.326 e. The van der Waals surface area contributed by atoms with Crippen molar-refractivity contribution in [3.63, 3.8) is 0 Å². The van der Waals surface area contributed by atoms with Gasteiger partial charge in [-0.1, -0.05) is 0 Å². The minimum absolute atomic E-state index is 0.0120. The predicted molar refractivity (Wildman–Crippen MR) is 62.0 cm³/mol. The molecule has 2 aromatic rings. The quantitative estimate of drug-likeness (QED) is 0.803. The second-order valence-corrected chi connectivity index (χ2v) is 4.61. The molecule has 0 saturated heterocycles. The Bertz CT molecular complexity index is 535. The molecule has 0 fully saturated rings. The first-order valence-electron chi connectivity index (χ1n) is 4.68. The molecule has 0 bridgehead atoms. The summed E-state index contributed by atoms with van der Waals surface area (Å²) in [4.78, 5) is 13.9. The fourth-order valence-electron chi connectivity index (χ4n) is 1.60. The summed E-state index contributed by atoms with van der Waals surface area (Å²) in [5.41, 5.74) is 7.20. The average molecular weight is 223 g/mol. The number of hydrogen-bond acceptors (Lipinski definition) is 3. The molecule has 2 rings (SSSR count). The number of hydrogen-bond donors (Lipinski definition) is 2. The van der Waals surface area contributed by atoms with Crippen molar-refractivity contribution >= 4 is 11.3 Å². The molecule has 5 heteroatoms. The second kappa shape index (κ2) is 3.67. The van der Waals surface area contributed by atoms with E-state index in [0.717, 1.165) is 21.0 Å². The van der Waals surface area contributed by atoms with Gasteiger partial charge >= 0.3 is 0 Å². The molecule has 0 atom stereocenters. The molecule has 2 heterocycles. The first kappa shape index (κ1) is 10.2. The molecule has 0 aliphatic rings. The monoisotopic (exact) mass is 223 g/mol. The van der Waals surface area contributed by atoms with E-state index < -0.39 is 0 Å². The highest BCUT2D eigenvalue weighted by atomic mass is 32.1. The van der Waals surface area contributed by atoms with Gasteiger partial charge in [-0.15, -0.1) is 11.3 Å². The van der Waals surface area contributed by atoms with Crippen LogP contribution >= 0.6 is 11.3 Å². The molecule has 0 unspecified atom stereocenters. The summed E-state index contributed by atoms with van der Waals surface area (Å²) in [5, 5.41) is 2.98. The van der Waals surface area contributed by atoms with Gasteiger partial charge in [0.15, 0.2) is 0 Å². The fraction of sp³-hybridized carbons (Fsp3) is 0.300. The van der Waals surface area contributed by atoms with E-state index in [-0.39, 0.29) is 5.56 Å². The maximum atomic E-state index is 11.8. The number of nitrogens with two attached hydrogens (primary N) is 1. The summed E-state index contributed by atoms with van der Waals surface area (Å²) < 4.78 is 1.49. The summed E-state index contributed by atoms with van der Waals surface area (Å²) >= 11 is 1.57. The van der Waals surface area contributed by atoms with E-state index in [1.807, 2.05) is 19.1 Å². The molecular formula is C10H13N3OS. The number of aryl methyl sites for hydroxylation is 2. The number of aromatic nitrogens is 2. The lowest BCUT2D eigenvalue weighted by Gasteiger charge is -1.91. The van der Waals surface area contributed by atoms with Gasteiger partial charge in [-0.3, -0.25) is 14.6 Å². The van der Waals surface area contributed by atoms with Crippen LogP contribution < -0.4 is 11.3 Å². The number of thiophene rings is 1. The highest BCUT2D eigenvalue weighted by molar-refractivity contribution is 7.15. The van der Waals surface area contributed by atoms with Gasteiger partial charge in [0.25, 0.3) is 5.56 Å². The number of nitrogens with one attached hydrogen (secondary N) is 1. The van der Waals surface area contributed by atoms with Crippen LogP contribution in [0.15, 0.2) is 16.9 Å². The van der Waals surface area contributed by atoms with Gasteiger partial charge in [0.2, 0.25) is 0 Å². The molecule has 0 aromatic carbocycles. The molecular weight excluding hydrogens is 210 g/mol. The highest BCUT2D eigenvalue weighted by Gasteiger charge is 2.12. The second-order valence-electron chi connectivity index (χ2n) is 3.45. The van der Waals surface area contributed by atoms with Gasteiger partial charge < -0.3 is 5.73 Å². The molecule has 0 saturated carbocycles. The summed E-state index contributed by atoms with van der Waals surface area (Å²) in [6.45, 7) is 2.42. The van der Waals surface area contributed by atoms with Crippen LogP contribution in [0.1, 0.15) is 10.6 Å². The molecule has 0 aliphatic carbocycles. The van der Waals surface area contributed by atoms with Crippen LogP contribution in [-0.2, 0) is 13.6 Å². The molecule has 4 nitrogen and oxygen atoms in total. The Hall–Kier alpha value is -1.33. The number of H-pyrrole nitrogens is 1. The van der Waals surface area contributed by atoms with Gasteiger partial charge in [0, 0.05) is 29.0 Å². The minimum atomic E-state index is 0.0120. The number of rotatable bonds is 2. The van der Waals surface area contributed by atoms with E-state index in [2.05, 4.69) is 5.10 Å². The van der Waals surface area contributed by atoms with Crippen LogP contribution in [0, 0.1) is 6.92 Å². The summed E-state index contributed by atoms with van der Waals surface area (Å²) in [6, 6.07) is 3.91. The maximum Gasteiger partial charge on any atom is 0.275 e. The third-order valence-electron chi connectivity index (χ3n) is 2.34. The van der Waals surface area contributed by atoms with Crippen molar-refractivity contribution < 1.29 is 0 Å². The normalized spacial score (nSPS) is 10.9. The van der Waals surface area contributed by atoms with E-state index >= 15 is 0 Å². The Kier molecular flexibility index (Phi) is 2.50. The lowest BCUT2D eigenvalue weighted by molar-refractivity contribution is 0.731. The van der Waals surface area contributed by atoms with Gasteiger partial charge in [-0.25, -0.2) is 0 Å². The maximum absolute atomic E-state index is 11.8. The Morgan fingerprint density at radius 1 is 1.53 bits per heavy atom. The summed E-state index contributed by atoms with van der Waals surface area (Å²) in [7, 11) is 1.72. The van der Waals surface area contributed by atoms with Crippen molar-refractivity contribution in [1.29, 1.82) is 0 Å². The van der Waals surface area contributed by atoms with Crippen LogP contribution in [0.3, 0.4) is 0 Å². The first-order valence-corrected chi connectivity index (χ1v) is 5.50. The lowest BCUT2D eigenvalue weighted by atomic mass is 10.2. The molecule has 0 amide bonds. The van der Waals surface area contributed by atoms with E-state index in [1.165, 1.54) is 4.68 Å². The predicted octanol–water partition coefficient (Wildman–Crippen LogP) is 1.21. The van der Waals surface area contributed by atoms with E-state index in [4.69, 9.17) is 5.73 Å². The van der Waals surface area contributed by atoms with Crippen molar-refractivity contribution in [2.45, 2.75) is 13.5 Å². The molecule has 0 spiro atoms. The Morgan fingerprint density at radius 3 is 2.73 bits per heavy atom. The van der Waals surface area contributed by atoms with Gasteiger partial charge in [-0.2, -0.15) is 0 Å².